The number of carbonyl (C=O) groups is 2. The van der Waals surface area contributed by atoms with Crippen LogP contribution in [-0.4, -0.2) is 24.1 Å². The normalized spacial score (nSPS) is 14.1. The van der Waals surface area contributed by atoms with Crippen LogP contribution in [0.4, 0.5) is 0 Å². The van der Waals surface area contributed by atoms with Crippen molar-refractivity contribution in [1.29, 1.82) is 0 Å². The SMILES string of the molecule is Cc1ccc(C(C)(C)C)c(OC(=O)C(C)OPOC(C)C(=O)Oc2cc(C)ccc2C(C)(C)C)c1. The molecule has 0 N–H and O–H groups in total. The molecule has 2 unspecified atom stereocenters. The van der Waals surface area contributed by atoms with E-state index in [0.29, 0.717) is 11.5 Å². The van der Waals surface area contributed by atoms with Gasteiger partial charge in [0, 0.05) is 11.1 Å². The number of ether oxygens (including phenoxy) is 2. The zero-order valence-corrected chi connectivity index (χ0v) is 23.6. The lowest BCUT2D eigenvalue weighted by molar-refractivity contribution is -0.142. The first-order chi connectivity index (χ1) is 16.1. The van der Waals surface area contributed by atoms with Crippen LogP contribution in [-0.2, 0) is 29.5 Å². The quantitative estimate of drug-likeness (QED) is 0.226. The standard InChI is InChI=1S/C28H39O6P/c1-17-11-13-21(27(5,6)7)23(15-17)31-25(29)19(3)33-35-34-20(4)26(30)32-24-16-18(2)12-14-22(24)28(8,9)10/h11-16,19-20,35H,1-10H3. The van der Waals surface area contributed by atoms with E-state index in [1.165, 1.54) is 0 Å². The van der Waals surface area contributed by atoms with E-state index in [9.17, 15) is 9.59 Å². The van der Waals surface area contributed by atoms with Gasteiger partial charge in [0.25, 0.3) is 0 Å². The number of carbonyl (C=O) groups excluding carboxylic acids is 2. The third kappa shape index (κ3) is 8.42. The molecule has 0 aliphatic carbocycles. The Hall–Kier alpha value is -2.27. The Morgan fingerprint density at radius 1 is 0.686 bits per heavy atom. The molecule has 0 fully saturated rings. The molecule has 6 nitrogen and oxygen atoms in total. The van der Waals surface area contributed by atoms with Gasteiger partial charge in [-0.1, -0.05) is 65.8 Å². The topological polar surface area (TPSA) is 71.1 Å². The van der Waals surface area contributed by atoms with E-state index in [4.69, 9.17) is 18.5 Å². The van der Waals surface area contributed by atoms with Crippen LogP contribution in [0.15, 0.2) is 36.4 Å². The maximum absolute atomic E-state index is 12.6. The smallest absolute Gasteiger partial charge is 0.340 e. The fourth-order valence-electron chi connectivity index (χ4n) is 3.32. The second-order valence-corrected chi connectivity index (χ2v) is 11.6. The third-order valence-electron chi connectivity index (χ3n) is 5.42. The molecule has 0 aliphatic heterocycles. The number of rotatable bonds is 8. The lowest BCUT2D eigenvalue weighted by Gasteiger charge is -2.24. The molecule has 0 aliphatic rings. The Bertz CT molecular complexity index is 965. The summed E-state index contributed by atoms with van der Waals surface area (Å²) in [4.78, 5) is 25.3. The largest absolute Gasteiger partial charge is 0.424 e. The zero-order valence-electron chi connectivity index (χ0n) is 22.6. The number of esters is 2. The van der Waals surface area contributed by atoms with Crippen LogP contribution in [0.1, 0.15) is 77.6 Å². The van der Waals surface area contributed by atoms with Crippen LogP contribution >= 0.6 is 9.03 Å². The first-order valence-electron chi connectivity index (χ1n) is 11.8. The molecule has 0 saturated heterocycles. The monoisotopic (exact) mass is 502 g/mol. The fourth-order valence-corrected chi connectivity index (χ4v) is 3.85. The fraction of sp³-hybridized carbons (Fsp3) is 0.500. The molecule has 7 heteroatoms. The molecule has 0 aromatic heterocycles. The summed E-state index contributed by atoms with van der Waals surface area (Å²) in [7, 11) is -0.534. The van der Waals surface area contributed by atoms with Crippen molar-refractivity contribution in [3.63, 3.8) is 0 Å². The van der Waals surface area contributed by atoms with Gasteiger partial charge in [0.05, 0.1) is 0 Å². The molecule has 2 rings (SSSR count). The molecule has 192 valence electrons. The molecule has 2 aromatic carbocycles. The van der Waals surface area contributed by atoms with Crippen LogP contribution in [0.3, 0.4) is 0 Å². The van der Waals surface area contributed by atoms with Gasteiger partial charge in [-0.05, 0) is 61.8 Å². The Labute approximate surface area is 211 Å². The van der Waals surface area contributed by atoms with Gasteiger partial charge in [-0.15, -0.1) is 0 Å². The van der Waals surface area contributed by atoms with Gasteiger partial charge in [0.2, 0.25) is 0 Å². The van der Waals surface area contributed by atoms with Gasteiger partial charge in [-0.2, -0.15) is 0 Å². The molecule has 0 spiro atoms. The van der Waals surface area contributed by atoms with E-state index in [-0.39, 0.29) is 10.8 Å². The first-order valence-corrected chi connectivity index (χ1v) is 12.6. The predicted octanol–water partition coefficient (Wildman–Crippen LogP) is 6.73. The lowest BCUT2D eigenvalue weighted by atomic mass is 9.86. The van der Waals surface area contributed by atoms with Crippen molar-refractivity contribution >= 4 is 21.0 Å². The highest BCUT2D eigenvalue weighted by molar-refractivity contribution is 7.26. The van der Waals surface area contributed by atoms with Crippen molar-refractivity contribution < 1.29 is 28.1 Å². The summed E-state index contributed by atoms with van der Waals surface area (Å²) in [6.45, 7) is 19.4. The molecule has 0 amide bonds. The van der Waals surface area contributed by atoms with Crippen molar-refractivity contribution in [2.75, 3.05) is 0 Å². The van der Waals surface area contributed by atoms with Gasteiger partial charge < -0.3 is 18.5 Å². The van der Waals surface area contributed by atoms with Gasteiger partial charge in [0.1, 0.15) is 11.5 Å². The Balaban J connectivity index is 1.94. The van der Waals surface area contributed by atoms with Crippen molar-refractivity contribution in [2.24, 2.45) is 0 Å². The van der Waals surface area contributed by atoms with Gasteiger partial charge >= 0.3 is 11.9 Å². The second kappa shape index (κ2) is 11.6. The van der Waals surface area contributed by atoms with Gasteiger partial charge in [0.15, 0.2) is 21.2 Å². The maximum Gasteiger partial charge on any atom is 0.340 e. The summed E-state index contributed by atoms with van der Waals surface area (Å²) in [6, 6.07) is 11.6. The number of hydrogen-bond acceptors (Lipinski definition) is 6. The first kappa shape index (κ1) is 29.0. The third-order valence-corrected chi connectivity index (χ3v) is 6.32. The minimum absolute atomic E-state index is 0.182. The number of aryl methyl sites for hydroxylation is 2. The highest BCUT2D eigenvalue weighted by atomic mass is 31.1. The summed E-state index contributed by atoms with van der Waals surface area (Å²) >= 11 is 0. The van der Waals surface area contributed by atoms with Crippen molar-refractivity contribution in [1.82, 2.24) is 0 Å². The summed E-state index contributed by atoms with van der Waals surface area (Å²) in [5, 5.41) is 0. The molecule has 2 aromatic rings. The predicted molar refractivity (Wildman–Crippen MR) is 140 cm³/mol. The maximum atomic E-state index is 12.6. The van der Waals surface area contributed by atoms with Crippen LogP contribution in [0.25, 0.3) is 0 Å². The Morgan fingerprint density at radius 3 is 1.34 bits per heavy atom. The van der Waals surface area contributed by atoms with E-state index in [1.807, 2.05) is 50.2 Å². The van der Waals surface area contributed by atoms with Crippen LogP contribution in [0.2, 0.25) is 0 Å². The van der Waals surface area contributed by atoms with Crippen molar-refractivity contribution in [3.05, 3.63) is 58.7 Å². The van der Waals surface area contributed by atoms with Crippen LogP contribution in [0, 0.1) is 13.8 Å². The molecular weight excluding hydrogens is 463 g/mol. The molecule has 35 heavy (non-hydrogen) atoms. The average Bonchev–Trinajstić information content (AvgIpc) is 2.71. The highest BCUT2D eigenvalue weighted by Gasteiger charge is 2.25. The highest BCUT2D eigenvalue weighted by Crippen LogP contribution is 2.34. The van der Waals surface area contributed by atoms with E-state index >= 15 is 0 Å². The number of hydrogen-bond donors (Lipinski definition) is 0. The van der Waals surface area contributed by atoms with E-state index in [2.05, 4.69) is 41.5 Å². The zero-order chi connectivity index (χ0) is 26.6. The van der Waals surface area contributed by atoms with E-state index in [0.717, 1.165) is 22.3 Å². The summed E-state index contributed by atoms with van der Waals surface area (Å²) < 4.78 is 22.3. The van der Waals surface area contributed by atoms with Crippen molar-refractivity contribution in [2.45, 2.75) is 92.3 Å². The minimum atomic E-state index is -0.867. The second-order valence-electron chi connectivity index (χ2n) is 10.9. The number of benzene rings is 2. The molecule has 0 saturated carbocycles. The Kier molecular flexibility index (Phi) is 9.63. The Morgan fingerprint density at radius 2 is 1.03 bits per heavy atom. The molecule has 0 heterocycles. The van der Waals surface area contributed by atoms with Gasteiger partial charge in [-0.25, -0.2) is 9.59 Å². The molecule has 0 bridgehead atoms. The van der Waals surface area contributed by atoms with E-state index < -0.39 is 33.2 Å². The summed E-state index contributed by atoms with van der Waals surface area (Å²) in [5.74, 6) is -0.0112. The van der Waals surface area contributed by atoms with E-state index in [1.54, 1.807) is 13.8 Å². The summed E-state index contributed by atoms with van der Waals surface area (Å²) in [5.41, 5.74) is 3.50. The van der Waals surface area contributed by atoms with Crippen molar-refractivity contribution in [3.8, 4) is 11.5 Å². The van der Waals surface area contributed by atoms with Gasteiger partial charge in [-0.3, -0.25) is 0 Å². The molecular formula is C28H39O6P. The molecule has 2 atom stereocenters. The van der Waals surface area contributed by atoms with Crippen LogP contribution in [0.5, 0.6) is 11.5 Å². The molecule has 0 radical (unpaired) electrons. The minimum Gasteiger partial charge on any atom is -0.424 e. The summed E-state index contributed by atoms with van der Waals surface area (Å²) in [6.07, 6.45) is -1.73. The van der Waals surface area contributed by atoms with Crippen LogP contribution < -0.4 is 9.47 Å². The lowest BCUT2D eigenvalue weighted by Crippen LogP contribution is -2.27. The average molecular weight is 503 g/mol.